The van der Waals surface area contributed by atoms with Crippen molar-refractivity contribution >= 4 is 10.1 Å². The molecule has 0 amide bonds. The van der Waals surface area contributed by atoms with Crippen molar-refractivity contribution in [1.82, 2.24) is 9.97 Å². The van der Waals surface area contributed by atoms with Gasteiger partial charge in [-0.25, -0.2) is 0 Å². The maximum absolute atomic E-state index is 11.8. The van der Waals surface area contributed by atoms with Crippen LogP contribution in [0.5, 0.6) is 6.01 Å². The second-order valence-corrected chi connectivity index (χ2v) is 3.87. The van der Waals surface area contributed by atoms with Crippen molar-refractivity contribution in [3.05, 3.63) is 11.9 Å². The molecular weight excluding hydrogens is 225 g/mol. The van der Waals surface area contributed by atoms with Gasteiger partial charge in [0.2, 0.25) is 0 Å². The van der Waals surface area contributed by atoms with E-state index in [1.54, 1.807) is 0 Å². The van der Waals surface area contributed by atoms with Gasteiger partial charge in [-0.15, -0.1) is 0 Å². The lowest BCUT2D eigenvalue weighted by Crippen LogP contribution is -2.28. The molecule has 0 aliphatic rings. The molecule has 0 saturated heterocycles. The number of rotatable bonds is 2. The fraction of sp³-hybridized carbons (Fsp3) is 0.400. The smallest absolute Gasteiger partial charge is 0.339 e. The van der Waals surface area contributed by atoms with Crippen molar-refractivity contribution in [2.24, 2.45) is 0 Å². The van der Waals surface area contributed by atoms with Crippen molar-refractivity contribution in [3.63, 3.8) is 0 Å². The summed E-state index contributed by atoms with van der Waals surface area (Å²) in [4.78, 5) is 5.47. The van der Waals surface area contributed by atoms with E-state index in [0.717, 1.165) is 0 Å². The van der Waals surface area contributed by atoms with Gasteiger partial charge in [0.15, 0.2) is 0 Å². The van der Waals surface area contributed by atoms with E-state index in [9.17, 15) is 21.6 Å². The fourth-order valence-electron chi connectivity index (χ4n) is 0.585. The van der Waals surface area contributed by atoms with Gasteiger partial charge in [-0.3, -0.25) is 0 Å². The highest BCUT2D eigenvalue weighted by Crippen LogP contribution is 2.25. The summed E-state index contributed by atoms with van der Waals surface area (Å²) < 4.78 is 59.8. The highest BCUT2D eigenvalue weighted by Gasteiger charge is 2.49. The molecule has 1 rings (SSSR count). The lowest BCUT2D eigenvalue weighted by Gasteiger charge is -2.05. The zero-order chi connectivity index (χ0) is 11.0. The Labute approximate surface area is 77.0 Å². The van der Waals surface area contributed by atoms with E-state index in [0.29, 0.717) is 5.69 Å². The summed E-state index contributed by atoms with van der Waals surface area (Å²) in [5.74, 6) is 0. The molecule has 5 nitrogen and oxygen atoms in total. The third-order valence-corrected chi connectivity index (χ3v) is 2.10. The first kappa shape index (κ1) is 10.8. The van der Waals surface area contributed by atoms with Crippen LogP contribution in [0.25, 0.3) is 0 Å². The van der Waals surface area contributed by atoms with E-state index >= 15 is 0 Å². The quantitative estimate of drug-likeness (QED) is 0.606. The van der Waals surface area contributed by atoms with Gasteiger partial charge in [0.05, 0.1) is 5.69 Å². The first-order valence-electron chi connectivity index (χ1n) is 3.25. The second kappa shape index (κ2) is 3.15. The van der Waals surface area contributed by atoms with Gasteiger partial charge in [-0.05, 0) is 6.92 Å². The summed E-state index contributed by atoms with van der Waals surface area (Å²) in [5.41, 5.74) is -5.13. The first-order valence-corrected chi connectivity index (χ1v) is 4.66. The normalized spacial score (nSPS) is 12.9. The van der Waals surface area contributed by atoms with E-state index in [1.807, 2.05) is 0 Å². The first-order chi connectivity index (χ1) is 6.22. The third-order valence-electron chi connectivity index (χ3n) is 1.15. The predicted octanol–water partition coefficient (Wildman–Crippen LogP) is 0.947. The molecule has 1 aromatic heterocycles. The fourth-order valence-corrected chi connectivity index (χ4v) is 0.972. The molecular formula is C5H5F3N2O3S. The number of H-pyrrole nitrogens is 1. The van der Waals surface area contributed by atoms with Crippen LogP contribution >= 0.6 is 0 Å². The number of nitrogens with one attached hydrogen (secondary N) is 1. The molecule has 80 valence electrons. The summed E-state index contributed by atoms with van der Waals surface area (Å²) in [6.45, 7) is 1.46. The monoisotopic (exact) mass is 230 g/mol. The van der Waals surface area contributed by atoms with Crippen LogP contribution in [0.1, 0.15) is 5.69 Å². The maximum atomic E-state index is 11.8. The van der Waals surface area contributed by atoms with E-state index in [2.05, 4.69) is 14.2 Å². The molecule has 0 unspecified atom stereocenters. The average molecular weight is 230 g/mol. The molecule has 0 aliphatic carbocycles. The zero-order valence-electron chi connectivity index (χ0n) is 6.79. The Balaban J connectivity index is 2.90. The standard InChI is InChI=1S/C5H5F3N2O3S/c1-3-2-9-4(10-3)13-14(11,12)5(6,7)8/h2H,1H3,(H,9,10). The number of aryl methyl sites for hydroxylation is 1. The van der Waals surface area contributed by atoms with Crippen LogP contribution in [-0.4, -0.2) is 23.9 Å². The number of aromatic nitrogens is 2. The number of hydrogen-bond acceptors (Lipinski definition) is 4. The molecule has 0 bridgehead atoms. The maximum Gasteiger partial charge on any atom is 0.534 e. The summed E-state index contributed by atoms with van der Waals surface area (Å²) in [7, 11) is -5.63. The van der Waals surface area contributed by atoms with Crippen LogP contribution in [-0.2, 0) is 10.1 Å². The average Bonchev–Trinajstić information content (AvgIpc) is 2.31. The number of imidazole rings is 1. The van der Waals surface area contributed by atoms with Crippen LogP contribution < -0.4 is 4.18 Å². The number of nitrogens with zero attached hydrogens (tertiary/aromatic N) is 1. The van der Waals surface area contributed by atoms with Crippen LogP contribution in [0.2, 0.25) is 0 Å². The van der Waals surface area contributed by atoms with Crippen LogP contribution in [0.4, 0.5) is 13.2 Å². The van der Waals surface area contributed by atoms with Gasteiger partial charge in [-0.1, -0.05) is 0 Å². The molecule has 0 spiro atoms. The predicted molar refractivity (Wildman–Crippen MR) is 38.9 cm³/mol. The number of hydrogen-bond donors (Lipinski definition) is 1. The minimum atomic E-state index is -5.63. The van der Waals surface area contributed by atoms with Crippen molar-refractivity contribution < 1.29 is 25.8 Å². The minimum absolute atomic E-state index is 0.317. The molecule has 14 heavy (non-hydrogen) atoms. The van der Waals surface area contributed by atoms with Crippen LogP contribution in [0, 0.1) is 6.92 Å². The van der Waals surface area contributed by atoms with Crippen LogP contribution in [0.3, 0.4) is 0 Å². The summed E-state index contributed by atoms with van der Waals surface area (Å²) in [6.07, 6.45) is 1.21. The van der Waals surface area contributed by atoms with Gasteiger partial charge in [0.1, 0.15) is 0 Å². The summed E-state index contributed by atoms with van der Waals surface area (Å²) in [6, 6.07) is -0.708. The van der Waals surface area contributed by atoms with Gasteiger partial charge >= 0.3 is 21.6 Å². The molecule has 1 heterocycles. The molecule has 1 N–H and O–H groups in total. The van der Waals surface area contributed by atoms with Crippen molar-refractivity contribution in [1.29, 1.82) is 0 Å². The summed E-state index contributed by atoms with van der Waals surface area (Å²) in [5, 5.41) is 0. The Morgan fingerprint density at radius 2 is 2.07 bits per heavy atom. The van der Waals surface area contributed by atoms with Crippen LogP contribution in [0.15, 0.2) is 6.20 Å². The third kappa shape index (κ3) is 2.16. The Morgan fingerprint density at radius 3 is 2.43 bits per heavy atom. The highest BCUT2D eigenvalue weighted by atomic mass is 32.2. The van der Waals surface area contributed by atoms with Gasteiger partial charge in [0.25, 0.3) is 0 Å². The molecule has 9 heteroatoms. The molecule has 0 fully saturated rings. The van der Waals surface area contributed by atoms with Crippen molar-refractivity contribution in [2.45, 2.75) is 12.4 Å². The second-order valence-electron chi connectivity index (χ2n) is 2.33. The molecule has 1 aromatic rings. The minimum Gasteiger partial charge on any atom is -0.339 e. The lowest BCUT2D eigenvalue weighted by molar-refractivity contribution is -0.0502. The highest BCUT2D eigenvalue weighted by molar-refractivity contribution is 7.87. The van der Waals surface area contributed by atoms with E-state index in [1.165, 1.54) is 13.1 Å². The lowest BCUT2D eigenvalue weighted by atomic mass is 10.6. The van der Waals surface area contributed by atoms with E-state index in [-0.39, 0.29) is 0 Å². The SMILES string of the molecule is Cc1c[nH]c(OS(=O)(=O)C(F)(F)F)n1. The molecule has 0 saturated carbocycles. The number of aromatic amines is 1. The Morgan fingerprint density at radius 1 is 1.50 bits per heavy atom. The Bertz CT molecular complexity index is 422. The topological polar surface area (TPSA) is 72.1 Å². The molecule has 0 atom stereocenters. The zero-order valence-corrected chi connectivity index (χ0v) is 7.61. The van der Waals surface area contributed by atoms with Gasteiger partial charge in [-0.2, -0.15) is 26.6 Å². The molecule has 0 aliphatic heterocycles. The summed E-state index contributed by atoms with van der Waals surface area (Å²) >= 11 is 0. The molecule has 0 aromatic carbocycles. The number of halogens is 3. The Hall–Kier alpha value is -1.25. The largest absolute Gasteiger partial charge is 0.534 e. The number of alkyl halides is 3. The van der Waals surface area contributed by atoms with E-state index in [4.69, 9.17) is 0 Å². The Kier molecular flexibility index (Phi) is 2.44. The van der Waals surface area contributed by atoms with Crippen molar-refractivity contribution in [2.75, 3.05) is 0 Å². The van der Waals surface area contributed by atoms with Gasteiger partial charge in [0, 0.05) is 6.20 Å². The molecule has 0 radical (unpaired) electrons. The van der Waals surface area contributed by atoms with Gasteiger partial charge < -0.3 is 9.17 Å². The van der Waals surface area contributed by atoms with E-state index < -0.39 is 21.6 Å². The van der Waals surface area contributed by atoms with Crippen molar-refractivity contribution in [3.8, 4) is 6.01 Å².